The van der Waals surface area contributed by atoms with Gasteiger partial charge in [0.2, 0.25) is 0 Å². The Morgan fingerprint density at radius 1 is 0.295 bits per heavy atom. The van der Waals surface area contributed by atoms with E-state index in [-0.39, 0.29) is 21.7 Å². The summed E-state index contributed by atoms with van der Waals surface area (Å²) in [5.74, 6) is 0. The molecule has 0 aromatic carbocycles. The van der Waals surface area contributed by atoms with E-state index in [0.717, 1.165) is 0 Å². The van der Waals surface area contributed by atoms with E-state index >= 15 is 0 Å². The lowest BCUT2D eigenvalue weighted by Crippen LogP contribution is -2.23. The van der Waals surface area contributed by atoms with Crippen LogP contribution in [0.3, 0.4) is 0 Å². The first-order chi connectivity index (χ1) is 21.8. The van der Waals surface area contributed by atoms with Crippen LogP contribution in [0.1, 0.15) is 0 Å². The van der Waals surface area contributed by atoms with Crippen molar-refractivity contribution in [1.82, 2.24) is 0 Å². The standard InChI is InChI=1S/2C14H18O2S6/c2*1-15-13(16-2)14-21-11-9-19-7-5-17-3-4-18-6-8-20-10-12-22-14/h2*3-14H,1-2H3/b2*4-3-,7-5-,8-6-,11-9-,12-10-. The Kier molecular flexibility index (Phi) is 33.9. The Hall–Kier alpha value is 1.44. The SMILES string of the molecule is COC(OC)C1S/C=C\S/C=C\S/C=C\S/C=C\S/C=C\S1.COC(OC)C1S/C=C\S/C=C\S/C=C\S/C=C\S/C=C\S1. The Morgan fingerprint density at radius 2 is 0.455 bits per heavy atom. The highest BCUT2D eigenvalue weighted by Gasteiger charge is 2.21. The molecule has 0 amide bonds. The third-order valence-electron chi connectivity index (χ3n) is 4.04. The molecular weight excluding hydrogens is 785 g/mol. The van der Waals surface area contributed by atoms with Gasteiger partial charge in [0.25, 0.3) is 0 Å². The summed E-state index contributed by atoms with van der Waals surface area (Å²) in [6.07, 6.45) is -0.495. The molecule has 244 valence electrons. The van der Waals surface area contributed by atoms with Crippen molar-refractivity contribution in [2.75, 3.05) is 28.4 Å². The Labute approximate surface area is 315 Å². The molecule has 2 heterocycles. The van der Waals surface area contributed by atoms with Crippen molar-refractivity contribution in [2.45, 2.75) is 21.7 Å². The zero-order valence-corrected chi connectivity index (χ0v) is 34.2. The van der Waals surface area contributed by atoms with Gasteiger partial charge in [-0.15, -0.1) is 141 Å². The minimum Gasteiger partial charge on any atom is -0.354 e. The number of ether oxygens (including phenoxy) is 4. The molecule has 44 heavy (non-hydrogen) atoms. The Bertz CT molecular complexity index is 845. The first-order valence-electron chi connectivity index (χ1n) is 12.2. The van der Waals surface area contributed by atoms with Crippen LogP contribution in [0.15, 0.2) is 108 Å². The van der Waals surface area contributed by atoms with Gasteiger partial charge in [0, 0.05) is 28.4 Å². The van der Waals surface area contributed by atoms with Crippen LogP contribution in [0.4, 0.5) is 0 Å². The van der Waals surface area contributed by atoms with Gasteiger partial charge in [-0.2, -0.15) is 0 Å². The van der Waals surface area contributed by atoms with Crippen molar-refractivity contribution in [2.24, 2.45) is 0 Å². The maximum absolute atomic E-state index is 5.37. The highest BCUT2D eigenvalue weighted by molar-refractivity contribution is 8.21. The second kappa shape index (κ2) is 34.3. The molecule has 0 aliphatic carbocycles. The average Bonchev–Trinajstić information content (AvgIpc) is 3.05. The Balaban J connectivity index is 0.000000440. The predicted octanol–water partition coefficient (Wildman–Crippen LogP) is 13.4. The van der Waals surface area contributed by atoms with Crippen molar-refractivity contribution in [3.63, 3.8) is 0 Å². The van der Waals surface area contributed by atoms with Crippen LogP contribution < -0.4 is 0 Å². The van der Waals surface area contributed by atoms with Crippen molar-refractivity contribution in [1.29, 1.82) is 0 Å². The predicted molar refractivity (Wildman–Crippen MR) is 226 cm³/mol. The van der Waals surface area contributed by atoms with E-state index in [1.165, 1.54) is 0 Å². The molecule has 0 fully saturated rings. The molecule has 0 bridgehead atoms. The monoisotopic (exact) mass is 820 g/mol. The van der Waals surface area contributed by atoms with E-state index in [2.05, 4.69) is 108 Å². The second-order valence-electron chi connectivity index (χ2n) is 6.77. The van der Waals surface area contributed by atoms with Crippen LogP contribution in [0.2, 0.25) is 0 Å². The molecule has 0 atom stereocenters. The van der Waals surface area contributed by atoms with Gasteiger partial charge in [-0.05, 0) is 108 Å². The maximum Gasteiger partial charge on any atom is 0.178 e. The van der Waals surface area contributed by atoms with E-state index in [9.17, 15) is 0 Å². The van der Waals surface area contributed by atoms with Gasteiger partial charge in [-0.3, -0.25) is 0 Å². The molecule has 0 radical (unpaired) electrons. The lowest BCUT2D eigenvalue weighted by Gasteiger charge is -2.21. The van der Waals surface area contributed by atoms with E-state index in [1.54, 1.807) is 170 Å². The number of rotatable bonds is 6. The Morgan fingerprint density at radius 3 is 0.614 bits per heavy atom. The van der Waals surface area contributed by atoms with Crippen LogP contribution >= 0.6 is 141 Å². The van der Waals surface area contributed by atoms with Crippen LogP contribution in [0, 0.1) is 0 Å². The summed E-state index contributed by atoms with van der Waals surface area (Å²) in [7, 11) is 6.67. The summed E-state index contributed by atoms with van der Waals surface area (Å²) in [6, 6.07) is 0. The van der Waals surface area contributed by atoms with Crippen LogP contribution in [-0.2, 0) is 18.9 Å². The highest BCUT2D eigenvalue weighted by atomic mass is 32.2. The molecule has 0 aromatic rings. The number of hydrogen-bond donors (Lipinski definition) is 0. The number of thioether (sulfide) groups is 12. The fraction of sp³-hybridized carbons (Fsp3) is 0.286. The van der Waals surface area contributed by atoms with Crippen molar-refractivity contribution in [3.8, 4) is 0 Å². The fourth-order valence-electron chi connectivity index (χ4n) is 2.27. The molecule has 0 spiro atoms. The molecule has 4 nitrogen and oxygen atoms in total. The molecule has 0 saturated heterocycles. The lowest BCUT2D eigenvalue weighted by molar-refractivity contribution is -0.0894. The fourth-order valence-corrected chi connectivity index (χ4v) is 11.4. The van der Waals surface area contributed by atoms with Crippen molar-refractivity contribution < 1.29 is 18.9 Å². The van der Waals surface area contributed by atoms with Gasteiger partial charge >= 0.3 is 0 Å². The van der Waals surface area contributed by atoms with Gasteiger partial charge in [-0.1, -0.05) is 0 Å². The normalized spacial score (nSPS) is 26.1. The molecular formula is C28H36O4S12. The van der Waals surface area contributed by atoms with Crippen molar-refractivity contribution in [3.05, 3.63) is 108 Å². The zero-order valence-electron chi connectivity index (χ0n) is 24.4. The van der Waals surface area contributed by atoms with Gasteiger partial charge < -0.3 is 18.9 Å². The van der Waals surface area contributed by atoms with E-state index in [1.807, 2.05) is 0 Å². The van der Waals surface area contributed by atoms with Crippen molar-refractivity contribution >= 4 is 141 Å². The van der Waals surface area contributed by atoms with Gasteiger partial charge in [0.1, 0.15) is 9.16 Å². The summed E-state index contributed by atoms with van der Waals surface area (Å²) >= 11 is 20.0. The summed E-state index contributed by atoms with van der Waals surface area (Å²) in [6.45, 7) is 0. The molecule has 2 aliphatic heterocycles. The third-order valence-corrected chi connectivity index (χ3v) is 14.9. The first-order valence-corrected chi connectivity index (χ1v) is 23.5. The molecule has 0 N–H and O–H groups in total. The quantitative estimate of drug-likeness (QED) is 0.238. The highest BCUT2D eigenvalue weighted by Crippen LogP contribution is 2.33. The van der Waals surface area contributed by atoms with E-state index < -0.39 is 0 Å². The van der Waals surface area contributed by atoms with Gasteiger partial charge in [0.05, 0.1) is 0 Å². The largest absolute Gasteiger partial charge is 0.354 e. The van der Waals surface area contributed by atoms with Crippen LogP contribution in [0.5, 0.6) is 0 Å². The molecule has 16 heteroatoms. The van der Waals surface area contributed by atoms with Gasteiger partial charge in [-0.25, -0.2) is 0 Å². The molecule has 0 saturated carbocycles. The summed E-state index contributed by atoms with van der Waals surface area (Å²) in [4.78, 5) is 0. The smallest absolute Gasteiger partial charge is 0.178 e. The first kappa shape index (κ1) is 43.5. The topological polar surface area (TPSA) is 36.9 Å². The number of hydrogen-bond acceptors (Lipinski definition) is 16. The van der Waals surface area contributed by atoms with Gasteiger partial charge in [0.15, 0.2) is 12.6 Å². The third kappa shape index (κ3) is 25.5. The summed E-state index contributed by atoms with van der Waals surface area (Å²) in [5, 5.41) is 41.3. The van der Waals surface area contributed by atoms with E-state index in [0.29, 0.717) is 0 Å². The molecule has 2 rings (SSSR count). The van der Waals surface area contributed by atoms with Crippen LogP contribution in [0.25, 0.3) is 0 Å². The summed E-state index contributed by atoms with van der Waals surface area (Å²) in [5.41, 5.74) is 0. The average molecular weight is 821 g/mol. The number of methoxy groups -OCH3 is 4. The zero-order chi connectivity index (χ0) is 31.8. The summed E-state index contributed by atoms with van der Waals surface area (Å²) < 4.78 is 21.8. The lowest BCUT2D eigenvalue weighted by atomic mass is 10.7. The van der Waals surface area contributed by atoms with E-state index in [4.69, 9.17) is 18.9 Å². The minimum atomic E-state index is -0.247. The molecule has 0 aromatic heterocycles. The molecule has 2 aliphatic rings. The maximum atomic E-state index is 5.37. The molecule has 0 unspecified atom stereocenters. The minimum absolute atomic E-state index is 0.151. The second-order valence-corrected chi connectivity index (χ2v) is 18.1. The van der Waals surface area contributed by atoms with Crippen LogP contribution in [-0.4, -0.2) is 50.2 Å².